The Morgan fingerprint density at radius 2 is 1.70 bits per heavy atom. The summed E-state index contributed by atoms with van der Waals surface area (Å²) in [5, 5.41) is 59.2. The lowest BCUT2D eigenvalue weighted by molar-refractivity contribution is -0.148. The van der Waals surface area contributed by atoms with E-state index in [9.17, 15) is 30.0 Å². The number of allylic oxidation sites excluding steroid dienone is 1. The number of carboxylic acids is 1. The van der Waals surface area contributed by atoms with Crippen LogP contribution in [0.3, 0.4) is 0 Å². The van der Waals surface area contributed by atoms with Gasteiger partial charge in [-0.15, -0.1) is 10.2 Å². The third kappa shape index (κ3) is 7.65. The van der Waals surface area contributed by atoms with Crippen molar-refractivity contribution in [3.05, 3.63) is 78.8 Å². The number of amides is 1. The number of aliphatic carboxylic acids is 1. The molecule has 2 aromatic carbocycles. The molecular formula is C32H37N7O7. The highest BCUT2D eigenvalue weighted by molar-refractivity contribution is 5.95. The smallest absolute Gasteiger partial charge is 0.370 e. The fourth-order valence-electron chi connectivity index (χ4n) is 5.40. The average Bonchev–Trinajstić information content (AvgIpc) is 3.75. The van der Waals surface area contributed by atoms with Gasteiger partial charge in [0.05, 0.1) is 30.7 Å². The first-order chi connectivity index (χ1) is 22.2. The molecule has 0 radical (unpaired) electrons. The van der Waals surface area contributed by atoms with E-state index in [-0.39, 0.29) is 5.91 Å². The number of para-hydroxylation sites is 1. The van der Waals surface area contributed by atoms with Gasteiger partial charge in [-0.25, -0.2) is 9.48 Å². The second-order valence-electron chi connectivity index (χ2n) is 11.2. The second-order valence-corrected chi connectivity index (χ2v) is 11.2. The van der Waals surface area contributed by atoms with Crippen molar-refractivity contribution in [2.45, 2.75) is 63.5 Å². The van der Waals surface area contributed by atoms with Gasteiger partial charge in [-0.2, -0.15) is 0 Å². The van der Waals surface area contributed by atoms with Crippen molar-refractivity contribution in [2.75, 3.05) is 11.9 Å². The highest BCUT2D eigenvalue weighted by Crippen LogP contribution is 2.35. The Hall–Kier alpha value is -4.92. The molecule has 2 aromatic heterocycles. The van der Waals surface area contributed by atoms with Crippen LogP contribution in [0.4, 0.5) is 5.69 Å². The Labute approximate surface area is 265 Å². The number of anilines is 1. The predicted octanol–water partition coefficient (Wildman–Crippen LogP) is 2.66. The first-order valence-electron chi connectivity index (χ1n) is 15.1. The molecule has 0 fully saturated rings. The van der Waals surface area contributed by atoms with E-state index in [1.807, 2.05) is 41.2 Å². The molecule has 0 saturated heterocycles. The Morgan fingerprint density at radius 1 is 0.957 bits per heavy atom. The number of nitrogens with zero attached hydrogens (tertiary/aromatic N) is 6. The number of aliphatic hydroxyl groups is 3. The van der Waals surface area contributed by atoms with Gasteiger partial charge >= 0.3 is 5.97 Å². The maximum absolute atomic E-state index is 12.8. The number of unbranched alkanes of at least 4 members (excludes halogenated alkanes) is 2. The van der Waals surface area contributed by atoms with E-state index >= 15 is 0 Å². The summed E-state index contributed by atoms with van der Waals surface area (Å²) in [6.07, 6.45) is 3.42. The number of aliphatic hydroxyl groups excluding tert-OH is 3. The number of ether oxygens (including phenoxy) is 1. The van der Waals surface area contributed by atoms with Crippen LogP contribution < -0.4 is 5.32 Å². The number of aryl methyl sites for hydroxylation is 1. The SMILES string of the molecule is C[C@H]1[C@H]([C@H](O)[C@H](O)CO)OC(C(=O)O)=C[C@@H]1n1cc(-c2ccccc2NC(=O)CCCCCn2cc(-c3ccccc3)nn2)nn1. The molecule has 0 aliphatic carbocycles. The highest BCUT2D eigenvalue weighted by Gasteiger charge is 2.41. The van der Waals surface area contributed by atoms with Gasteiger partial charge in [0.15, 0.2) is 0 Å². The van der Waals surface area contributed by atoms with Crippen molar-refractivity contribution in [2.24, 2.45) is 5.92 Å². The molecule has 1 amide bonds. The van der Waals surface area contributed by atoms with E-state index in [4.69, 9.17) is 4.74 Å². The minimum Gasteiger partial charge on any atom is -0.480 e. The summed E-state index contributed by atoms with van der Waals surface area (Å²) in [6, 6.07) is 16.3. The lowest BCUT2D eigenvalue weighted by Gasteiger charge is -2.37. The van der Waals surface area contributed by atoms with Crippen LogP contribution in [0, 0.1) is 5.92 Å². The van der Waals surface area contributed by atoms with Crippen molar-refractivity contribution in [1.29, 1.82) is 0 Å². The average molecular weight is 632 g/mol. The van der Waals surface area contributed by atoms with E-state index in [1.54, 1.807) is 37.4 Å². The summed E-state index contributed by atoms with van der Waals surface area (Å²) in [5.41, 5.74) is 3.45. The third-order valence-electron chi connectivity index (χ3n) is 7.96. The number of benzene rings is 2. The molecule has 5 N–H and O–H groups in total. The zero-order valence-electron chi connectivity index (χ0n) is 25.3. The number of rotatable bonds is 14. The molecule has 0 unspecified atom stereocenters. The van der Waals surface area contributed by atoms with Crippen LogP contribution in [0.25, 0.3) is 22.5 Å². The van der Waals surface area contributed by atoms with Gasteiger partial charge in [0.25, 0.3) is 0 Å². The van der Waals surface area contributed by atoms with Gasteiger partial charge in [0.1, 0.15) is 29.7 Å². The van der Waals surface area contributed by atoms with E-state index < -0.39 is 48.6 Å². The van der Waals surface area contributed by atoms with Crippen LogP contribution >= 0.6 is 0 Å². The monoisotopic (exact) mass is 631 g/mol. The van der Waals surface area contributed by atoms with Crippen molar-refractivity contribution in [1.82, 2.24) is 30.0 Å². The fourth-order valence-corrected chi connectivity index (χ4v) is 5.40. The number of nitrogens with one attached hydrogen (secondary N) is 1. The molecule has 5 rings (SSSR count). The van der Waals surface area contributed by atoms with Crippen LogP contribution in [-0.4, -0.2) is 87.2 Å². The van der Waals surface area contributed by atoms with Crippen molar-refractivity contribution in [3.8, 4) is 22.5 Å². The maximum atomic E-state index is 12.8. The summed E-state index contributed by atoms with van der Waals surface area (Å²) >= 11 is 0. The van der Waals surface area contributed by atoms with Crippen LogP contribution in [0.2, 0.25) is 0 Å². The van der Waals surface area contributed by atoms with Gasteiger partial charge in [-0.1, -0.05) is 72.3 Å². The lowest BCUT2D eigenvalue weighted by atomic mass is 9.87. The van der Waals surface area contributed by atoms with Crippen molar-refractivity contribution >= 4 is 17.6 Å². The summed E-state index contributed by atoms with van der Waals surface area (Å²) < 4.78 is 8.73. The van der Waals surface area contributed by atoms with Gasteiger partial charge in [-0.05, 0) is 25.0 Å². The zero-order chi connectivity index (χ0) is 32.6. The summed E-state index contributed by atoms with van der Waals surface area (Å²) in [5.74, 6) is -2.46. The molecule has 4 aromatic rings. The van der Waals surface area contributed by atoms with Crippen LogP contribution in [0.15, 0.2) is 78.8 Å². The fraction of sp³-hybridized carbons (Fsp3) is 0.375. The minimum absolute atomic E-state index is 0.140. The standard InChI is InChI=1S/C32H37N7O7/c1-20-26(16-28(32(44)45)46-31(20)30(43)27(41)19-40)39-18-25(35-37-39)22-12-7-8-13-23(22)33-29(42)14-6-3-9-15-38-17-24(34-36-38)21-10-4-2-5-11-21/h2,4-5,7-8,10-13,16-18,20,26-27,30-31,40-41,43H,3,6,9,14-15,19H2,1H3,(H,33,42)(H,44,45)/t20-,26+,27-,30-,31-/m1/s1. The lowest BCUT2D eigenvalue weighted by Crippen LogP contribution is -2.48. The topological polar surface area (TPSA) is 198 Å². The molecule has 0 bridgehead atoms. The number of aromatic nitrogens is 6. The molecule has 46 heavy (non-hydrogen) atoms. The Morgan fingerprint density at radius 3 is 2.46 bits per heavy atom. The van der Waals surface area contributed by atoms with E-state index in [0.29, 0.717) is 36.3 Å². The Balaban J connectivity index is 1.18. The number of carboxylic acid groups (broad SMARTS) is 1. The highest BCUT2D eigenvalue weighted by atomic mass is 16.5. The summed E-state index contributed by atoms with van der Waals surface area (Å²) in [6.45, 7) is 1.69. The molecule has 1 aliphatic heterocycles. The van der Waals surface area contributed by atoms with Gasteiger partial charge in [0, 0.05) is 30.0 Å². The van der Waals surface area contributed by atoms with Gasteiger partial charge in [-0.3, -0.25) is 9.48 Å². The van der Waals surface area contributed by atoms with E-state index in [1.165, 1.54) is 10.8 Å². The van der Waals surface area contributed by atoms with Crippen molar-refractivity contribution < 1.29 is 34.8 Å². The summed E-state index contributed by atoms with van der Waals surface area (Å²) in [4.78, 5) is 24.6. The first kappa shape index (κ1) is 32.5. The molecule has 14 nitrogen and oxygen atoms in total. The third-order valence-corrected chi connectivity index (χ3v) is 7.96. The van der Waals surface area contributed by atoms with Gasteiger partial charge in [0.2, 0.25) is 11.7 Å². The first-order valence-corrected chi connectivity index (χ1v) is 15.1. The van der Waals surface area contributed by atoms with Crippen LogP contribution in [-0.2, 0) is 20.9 Å². The predicted molar refractivity (Wildman–Crippen MR) is 166 cm³/mol. The largest absolute Gasteiger partial charge is 0.480 e. The minimum atomic E-state index is -1.54. The molecule has 242 valence electrons. The Bertz CT molecular complexity index is 1650. The number of carbonyl (C=O) groups is 2. The normalized spacial score (nSPS) is 19.1. The molecular weight excluding hydrogens is 594 g/mol. The Kier molecular flexibility index (Phi) is 10.5. The number of hydrogen-bond acceptors (Lipinski definition) is 10. The zero-order valence-corrected chi connectivity index (χ0v) is 25.3. The van der Waals surface area contributed by atoms with Crippen LogP contribution in [0.5, 0.6) is 0 Å². The molecule has 3 heterocycles. The molecule has 0 saturated carbocycles. The molecule has 5 atom stereocenters. The number of hydrogen-bond donors (Lipinski definition) is 5. The molecule has 0 spiro atoms. The second kappa shape index (κ2) is 14.9. The number of carbonyl (C=O) groups excluding carboxylic acids is 1. The van der Waals surface area contributed by atoms with Crippen molar-refractivity contribution in [3.63, 3.8) is 0 Å². The summed E-state index contributed by atoms with van der Waals surface area (Å²) in [7, 11) is 0. The van der Waals surface area contributed by atoms with E-state index in [2.05, 4.69) is 25.9 Å². The quantitative estimate of drug-likeness (QED) is 0.128. The molecule has 14 heteroatoms. The van der Waals surface area contributed by atoms with Gasteiger partial charge < -0.3 is 30.5 Å². The van der Waals surface area contributed by atoms with Crippen LogP contribution in [0.1, 0.15) is 38.6 Å². The van der Waals surface area contributed by atoms with E-state index in [0.717, 1.165) is 24.1 Å². The molecule has 1 aliphatic rings. The maximum Gasteiger partial charge on any atom is 0.370 e.